The first-order chi connectivity index (χ1) is 12.6. The van der Waals surface area contributed by atoms with Gasteiger partial charge >= 0.3 is 0 Å². The van der Waals surface area contributed by atoms with Gasteiger partial charge in [0.25, 0.3) is 5.91 Å². The molecule has 26 heavy (non-hydrogen) atoms. The lowest BCUT2D eigenvalue weighted by atomic mass is 10.0. The molecule has 0 radical (unpaired) electrons. The zero-order valence-corrected chi connectivity index (χ0v) is 14.7. The fourth-order valence-corrected chi connectivity index (χ4v) is 2.74. The van der Waals surface area contributed by atoms with Gasteiger partial charge in [-0.2, -0.15) is 0 Å². The van der Waals surface area contributed by atoms with Gasteiger partial charge in [0.1, 0.15) is 0 Å². The number of nitrogens with one attached hydrogen (secondary N) is 2. The van der Waals surface area contributed by atoms with E-state index in [4.69, 9.17) is 11.6 Å². The van der Waals surface area contributed by atoms with Crippen molar-refractivity contribution in [2.24, 2.45) is 0 Å². The van der Waals surface area contributed by atoms with Crippen molar-refractivity contribution in [3.05, 3.63) is 95.0 Å². The monoisotopic (exact) mass is 364 g/mol. The third kappa shape index (κ3) is 4.71. The lowest BCUT2D eigenvalue weighted by Crippen LogP contribution is -2.19. The highest BCUT2D eigenvalue weighted by atomic mass is 35.5. The highest BCUT2D eigenvalue weighted by molar-refractivity contribution is 6.30. The Labute approximate surface area is 156 Å². The van der Waals surface area contributed by atoms with Gasteiger partial charge in [0.05, 0.1) is 6.42 Å². The minimum Gasteiger partial charge on any atom is -0.326 e. The Morgan fingerprint density at radius 1 is 0.769 bits per heavy atom. The molecule has 3 aromatic carbocycles. The Bertz CT molecular complexity index is 912. The van der Waals surface area contributed by atoms with Crippen molar-refractivity contribution in [1.29, 1.82) is 0 Å². The minimum absolute atomic E-state index is 0.0486. The molecular weight excluding hydrogens is 348 g/mol. The van der Waals surface area contributed by atoms with E-state index >= 15 is 0 Å². The van der Waals surface area contributed by atoms with Crippen molar-refractivity contribution in [3.63, 3.8) is 0 Å². The average Bonchev–Trinajstić information content (AvgIpc) is 2.63. The molecule has 0 heterocycles. The second kappa shape index (κ2) is 8.32. The van der Waals surface area contributed by atoms with E-state index in [1.165, 1.54) is 0 Å². The van der Waals surface area contributed by atoms with E-state index in [9.17, 15) is 9.59 Å². The smallest absolute Gasteiger partial charge is 0.255 e. The van der Waals surface area contributed by atoms with Gasteiger partial charge in [-0.25, -0.2) is 0 Å². The predicted molar refractivity (Wildman–Crippen MR) is 105 cm³/mol. The van der Waals surface area contributed by atoms with E-state index in [-0.39, 0.29) is 18.2 Å². The van der Waals surface area contributed by atoms with Crippen molar-refractivity contribution in [1.82, 2.24) is 0 Å². The first kappa shape index (κ1) is 17.7. The third-order valence-electron chi connectivity index (χ3n) is 3.75. The Morgan fingerprint density at radius 3 is 1.96 bits per heavy atom. The molecule has 0 saturated heterocycles. The molecule has 0 aliphatic rings. The summed E-state index contributed by atoms with van der Waals surface area (Å²) in [5.41, 5.74) is 2.38. The molecule has 0 fully saturated rings. The number of hydrogen-bond acceptors (Lipinski definition) is 2. The molecule has 0 aliphatic heterocycles. The molecule has 2 N–H and O–H groups in total. The molecule has 3 aromatic rings. The van der Waals surface area contributed by atoms with E-state index in [0.29, 0.717) is 27.5 Å². The number of rotatable bonds is 5. The summed E-state index contributed by atoms with van der Waals surface area (Å²) in [5, 5.41) is 6.11. The van der Waals surface area contributed by atoms with Gasteiger partial charge in [0.15, 0.2) is 0 Å². The maximum absolute atomic E-state index is 12.6. The quantitative estimate of drug-likeness (QED) is 0.684. The maximum Gasteiger partial charge on any atom is 0.255 e. The molecular formula is C21H17ClN2O2. The summed E-state index contributed by atoms with van der Waals surface area (Å²) in [4.78, 5) is 24.9. The summed E-state index contributed by atoms with van der Waals surface area (Å²) in [7, 11) is 0. The van der Waals surface area contributed by atoms with E-state index in [1.807, 2.05) is 36.4 Å². The fourth-order valence-electron chi connectivity index (χ4n) is 2.55. The SMILES string of the molecule is O=C(Cc1cc(Cl)ccc1C(=O)Nc1ccccc1)Nc1ccccc1. The lowest BCUT2D eigenvalue weighted by Gasteiger charge is -2.11. The molecule has 0 aromatic heterocycles. The summed E-state index contributed by atoms with van der Waals surface area (Å²) in [5.74, 6) is -0.498. The summed E-state index contributed by atoms with van der Waals surface area (Å²) in [6.07, 6.45) is 0.0486. The Kier molecular flexibility index (Phi) is 5.66. The predicted octanol–water partition coefficient (Wildman–Crippen LogP) is 4.77. The van der Waals surface area contributed by atoms with Gasteiger partial charge in [0.2, 0.25) is 5.91 Å². The van der Waals surface area contributed by atoms with Crippen LogP contribution in [-0.2, 0) is 11.2 Å². The first-order valence-corrected chi connectivity index (χ1v) is 8.49. The van der Waals surface area contributed by atoms with Crippen LogP contribution < -0.4 is 10.6 Å². The van der Waals surface area contributed by atoms with Crippen molar-refractivity contribution in [2.75, 3.05) is 10.6 Å². The van der Waals surface area contributed by atoms with Crippen molar-refractivity contribution < 1.29 is 9.59 Å². The Morgan fingerprint density at radius 2 is 1.35 bits per heavy atom. The summed E-state index contributed by atoms with van der Waals surface area (Å²) >= 11 is 6.06. The number of halogens is 1. The summed E-state index contributed by atoms with van der Waals surface area (Å²) in [6, 6.07) is 23.2. The molecule has 2 amide bonds. The molecule has 0 aliphatic carbocycles. The van der Waals surface area contributed by atoms with Crippen molar-refractivity contribution >= 4 is 34.8 Å². The van der Waals surface area contributed by atoms with Crippen LogP contribution in [0, 0.1) is 0 Å². The highest BCUT2D eigenvalue weighted by Crippen LogP contribution is 2.19. The fraction of sp³-hybridized carbons (Fsp3) is 0.0476. The zero-order chi connectivity index (χ0) is 18.4. The molecule has 0 saturated carbocycles. The van der Waals surface area contributed by atoms with Crippen LogP contribution in [0.25, 0.3) is 0 Å². The van der Waals surface area contributed by atoms with Crippen LogP contribution in [0.2, 0.25) is 5.02 Å². The van der Waals surface area contributed by atoms with Gasteiger partial charge in [-0.15, -0.1) is 0 Å². The molecule has 5 heteroatoms. The van der Waals surface area contributed by atoms with Gasteiger partial charge in [-0.1, -0.05) is 48.0 Å². The van der Waals surface area contributed by atoms with Gasteiger partial charge in [0, 0.05) is 22.0 Å². The summed E-state index contributed by atoms with van der Waals surface area (Å²) in [6.45, 7) is 0. The number of anilines is 2. The highest BCUT2D eigenvalue weighted by Gasteiger charge is 2.15. The molecule has 0 unspecified atom stereocenters. The number of benzene rings is 3. The van der Waals surface area contributed by atoms with Crippen LogP contribution in [-0.4, -0.2) is 11.8 Å². The normalized spacial score (nSPS) is 10.2. The number of para-hydroxylation sites is 2. The van der Waals surface area contributed by atoms with E-state index in [0.717, 1.165) is 0 Å². The van der Waals surface area contributed by atoms with Crippen LogP contribution in [0.15, 0.2) is 78.9 Å². The van der Waals surface area contributed by atoms with E-state index in [1.54, 1.807) is 42.5 Å². The standard InChI is InChI=1S/C21H17ClN2O2/c22-16-11-12-19(21(26)24-18-9-5-2-6-10-18)15(13-16)14-20(25)23-17-7-3-1-4-8-17/h1-13H,14H2,(H,23,25)(H,24,26). The second-order valence-corrected chi connectivity index (χ2v) is 6.15. The van der Waals surface area contributed by atoms with Crippen LogP contribution >= 0.6 is 11.6 Å². The molecule has 0 atom stereocenters. The molecule has 0 spiro atoms. The second-order valence-electron chi connectivity index (χ2n) is 5.71. The van der Waals surface area contributed by atoms with Gasteiger partial charge in [-0.05, 0) is 48.0 Å². The molecule has 130 valence electrons. The van der Waals surface area contributed by atoms with Crippen LogP contribution in [0.1, 0.15) is 15.9 Å². The van der Waals surface area contributed by atoms with Crippen LogP contribution in [0.4, 0.5) is 11.4 Å². The lowest BCUT2D eigenvalue weighted by molar-refractivity contribution is -0.115. The van der Waals surface area contributed by atoms with E-state index < -0.39 is 0 Å². The molecule has 4 nitrogen and oxygen atoms in total. The zero-order valence-electron chi connectivity index (χ0n) is 13.9. The largest absolute Gasteiger partial charge is 0.326 e. The molecule has 0 bridgehead atoms. The van der Waals surface area contributed by atoms with Crippen LogP contribution in [0.3, 0.4) is 0 Å². The minimum atomic E-state index is -0.282. The first-order valence-electron chi connectivity index (χ1n) is 8.11. The average molecular weight is 365 g/mol. The molecule has 3 rings (SSSR count). The third-order valence-corrected chi connectivity index (χ3v) is 3.99. The van der Waals surface area contributed by atoms with Crippen LogP contribution in [0.5, 0.6) is 0 Å². The van der Waals surface area contributed by atoms with Crippen molar-refractivity contribution in [3.8, 4) is 0 Å². The Balaban J connectivity index is 1.77. The topological polar surface area (TPSA) is 58.2 Å². The van der Waals surface area contributed by atoms with E-state index in [2.05, 4.69) is 10.6 Å². The number of amides is 2. The Hall–Kier alpha value is -3.11. The number of carbonyl (C=O) groups is 2. The summed E-state index contributed by atoms with van der Waals surface area (Å²) < 4.78 is 0. The van der Waals surface area contributed by atoms with Crippen molar-refractivity contribution in [2.45, 2.75) is 6.42 Å². The number of carbonyl (C=O) groups excluding carboxylic acids is 2. The maximum atomic E-state index is 12.6. The van der Waals surface area contributed by atoms with Gasteiger partial charge in [-0.3, -0.25) is 9.59 Å². The van der Waals surface area contributed by atoms with Gasteiger partial charge < -0.3 is 10.6 Å². The number of hydrogen-bond donors (Lipinski definition) is 2.